The maximum atomic E-state index is 12.0. The summed E-state index contributed by atoms with van der Waals surface area (Å²) in [7, 11) is -3.56. The number of nitrogens with one attached hydrogen (secondary N) is 3. The Labute approximate surface area is 225 Å². The summed E-state index contributed by atoms with van der Waals surface area (Å²) in [5, 5.41) is 35.2. The number of carbonyl (C=O) groups is 1. The number of aliphatic imine (C=N–C) groups is 1. The fourth-order valence-electron chi connectivity index (χ4n) is 4.22. The zero-order valence-corrected chi connectivity index (χ0v) is 22.2. The number of carbonyl (C=O) groups excluding carboxylic acids is 1. The van der Waals surface area contributed by atoms with E-state index in [1.807, 2.05) is 24.3 Å². The first kappa shape index (κ1) is 27.5. The Kier molecular flexibility index (Phi) is 8.58. The van der Waals surface area contributed by atoms with Crippen molar-refractivity contribution in [1.82, 2.24) is 10.6 Å². The predicted molar refractivity (Wildman–Crippen MR) is 148 cm³/mol. The van der Waals surface area contributed by atoms with Gasteiger partial charge in [-0.2, -0.15) is 10.3 Å². The number of thioether (sulfide) groups is 1. The van der Waals surface area contributed by atoms with E-state index < -0.39 is 16.1 Å². The van der Waals surface area contributed by atoms with Gasteiger partial charge < -0.3 is 20.4 Å². The summed E-state index contributed by atoms with van der Waals surface area (Å²) in [4.78, 5) is 18.5. The van der Waals surface area contributed by atoms with Gasteiger partial charge in [-0.15, -0.1) is 0 Å². The number of aliphatic hydroxyl groups excluding tert-OH is 1. The first-order chi connectivity index (χ1) is 18.1. The summed E-state index contributed by atoms with van der Waals surface area (Å²) in [5.74, 6) is -0.578. The van der Waals surface area contributed by atoms with Crippen LogP contribution in [0.3, 0.4) is 0 Å². The van der Waals surface area contributed by atoms with E-state index in [2.05, 4.69) is 25.2 Å². The van der Waals surface area contributed by atoms with Crippen molar-refractivity contribution >= 4 is 50.3 Å². The Morgan fingerprint density at radius 1 is 1.24 bits per heavy atom. The van der Waals surface area contributed by atoms with Crippen molar-refractivity contribution in [2.45, 2.75) is 25.0 Å². The van der Waals surface area contributed by atoms with Crippen LogP contribution in [0.2, 0.25) is 0 Å². The number of nitrogens with zero attached hydrogens (tertiary/aromatic N) is 3. The number of amides is 1. The molecule has 2 aromatic rings. The van der Waals surface area contributed by atoms with Crippen molar-refractivity contribution in [3.63, 3.8) is 0 Å². The molecule has 1 fully saturated rings. The number of sulfonamides is 1. The minimum absolute atomic E-state index is 0.0299. The number of piperidine rings is 1. The number of hydrogen-bond donors (Lipinski definition) is 5. The van der Waals surface area contributed by atoms with Crippen LogP contribution in [0, 0.1) is 11.5 Å². The van der Waals surface area contributed by atoms with Gasteiger partial charge in [0.1, 0.15) is 5.75 Å². The molecular formula is C25H28N6O5S2. The van der Waals surface area contributed by atoms with Crippen LogP contribution in [0.4, 0.5) is 11.4 Å². The van der Waals surface area contributed by atoms with Gasteiger partial charge in [0, 0.05) is 31.4 Å². The Bertz CT molecular complexity index is 1390. The highest BCUT2D eigenvalue weighted by atomic mass is 32.2. The zero-order valence-electron chi connectivity index (χ0n) is 20.6. The average molecular weight is 557 g/mol. The number of amidine groups is 1. The zero-order chi connectivity index (χ0) is 27.3. The van der Waals surface area contributed by atoms with Crippen LogP contribution >= 0.6 is 11.8 Å². The molecule has 1 unspecified atom stereocenters. The first-order valence-corrected chi connectivity index (χ1v) is 14.6. The van der Waals surface area contributed by atoms with Crippen LogP contribution < -0.4 is 20.3 Å². The molecule has 200 valence electrons. The fourth-order valence-corrected chi connectivity index (χ4v) is 5.55. The predicted octanol–water partition coefficient (Wildman–Crippen LogP) is 2.10. The lowest BCUT2D eigenvalue weighted by Gasteiger charge is -2.34. The lowest BCUT2D eigenvalue weighted by atomic mass is 10.0. The summed E-state index contributed by atoms with van der Waals surface area (Å²) in [6.07, 6.45) is 5.41. The highest BCUT2D eigenvalue weighted by molar-refractivity contribution is 8.18. The third-order valence-corrected chi connectivity index (χ3v) is 7.62. The van der Waals surface area contributed by atoms with Gasteiger partial charge in [-0.3, -0.25) is 14.8 Å². The molecule has 0 bridgehead atoms. The number of rotatable bonds is 8. The summed E-state index contributed by atoms with van der Waals surface area (Å²) in [6.45, 7) is 1.96. The van der Waals surface area contributed by atoms with E-state index in [0.29, 0.717) is 17.0 Å². The molecule has 0 radical (unpaired) electrons. The van der Waals surface area contributed by atoms with Crippen molar-refractivity contribution in [3.8, 4) is 11.9 Å². The van der Waals surface area contributed by atoms with Gasteiger partial charge in [-0.1, -0.05) is 18.2 Å². The molecular weight excluding hydrogens is 528 g/mol. The minimum Gasteiger partial charge on any atom is -0.506 e. The van der Waals surface area contributed by atoms with E-state index in [-0.39, 0.29) is 28.6 Å². The molecule has 2 aromatic carbocycles. The standard InChI is InChI=1S/C25H28N6O5S2/c1-38(35,36)30-20-13-17(4-7-21(20)32)22(33)14-27-18-8-10-31(11-9-18)19-5-2-16(3-6-19)12-23-24(34)29-25(37-23)28-15-26/h2-7,12-13,18,22,27,30,32-33H,8-11,14H2,1H3,(H,28,29,34). The topological polar surface area (TPSA) is 167 Å². The number of phenols is 1. The second-order valence-electron chi connectivity index (χ2n) is 9.00. The first-order valence-electron chi connectivity index (χ1n) is 11.9. The second kappa shape index (κ2) is 11.9. The number of phenolic OH excluding ortho intramolecular Hbond substituents is 1. The molecule has 1 saturated heterocycles. The van der Waals surface area contributed by atoms with Crippen molar-refractivity contribution in [2.24, 2.45) is 4.99 Å². The molecule has 2 aliphatic heterocycles. The van der Waals surface area contributed by atoms with Crippen LogP contribution in [0.1, 0.15) is 30.1 Å². The third-order valence-electron chi connectivity index (χ3n) is 6.13. The molecule has 11 nitrogen and oxygen atoms in total. The maximum absolute atomic E-state index is 12.0. The van der Waals surface area contributed by atoms with Gasteiger partial charge in [0.2, 0.25) is 10.0 Å². The van der Waals surface area contributed by atoms with Gasteiger partial charge in [0.25, 0.3) is 5.91 Å². The van der Waals surface area contributed by atoms with Crippen molar-refractivity contribution in [3.05, 3.63) is 58.5 Å². The van der Waals surface area contributed by atoms with E-state index >= 15 is 0 Å². The molecule has 13 heteroatoms. The maximum Gasteiger partial charge on any atom is 0.286 e. The molecule has 2 heterocycles. The third kappa shape index (κ3) is 7.26. The highest BCUT2D eigenvalue weighted by Gasteiger charge is 2.23. The van der Waals surface area contributed by atoms with E-state index in [1.165, 1.54) is 12.1 Å². The minimum atomic E-state index is -3.56. The van der Waals surface area contributed by atoms with Gasteiger partial charge in [-0.25, -0.2) is 8.42 Å². The Hall–Kier alpha value is -3.57. The van der Waals surface area contributed by atoms with Crippen LogP contribution in [-0.4, -0.2) is 61.6 Å². The molecule has 0 spiro atoms. The molecule has 2 aliphatic rings. The molecule has 4 rings (SSSR count). The molecule has 0 aromatic heterocycles. The van der Waals surface area contributed by atoms with E-state index in [4.69, 9.17) is 5.26 Å². The van der Waals surface area contributed by atoms with Crippen molar-refractivity contribution < 1.29 is 23.4 Å². The van der Waals surface area contributed by atoms with Crippen molar-refractivity contribution in [1.29, 1.82) is 5.26 Å². The number of benzene rings is 2. The van der Waals surface area contributed by atoms with E-state index in [0.717, 1.165) is 55.2 Å². The van der Waals surface area contributed by atoms with Crippen LogP contribution in [0.25, 0.3) is 6.08 Å². The highest BCUT2D eigenvalue weighted by Crippen LogP contribution is 2.29. The van der Waals surface area contributed by atoms with Gasteiger partial charge in [0.05, 0.1) is 23.0 Å². The Balaban J connectivity index is 1.26. The number of anilines is 2. The van der Waals surface area contributed by atoms with Crippen LogP contribution in [0.15, 0.2) is 52.4 Å². The number of aromatic hydroxyl groups is 1. The summed E-state index contributed by atoms with van der Waals surface area (Å²) >= 11 is 1.13. The average Bonchev–Trinajstić information content (AvgIpc) is 3.22. The Morgan fingerprint density at radius 3 is 2.61 bits per heavy atom. The van der Waals surface area contributed by atoms with Gasteiger partial charge in [0.15, 0.2) is 11.4 Å². The smallest absolute Gasteiger partial charge is 0.286 e. The summed E-state index contributed by atoms with van der Waals surface area (Å²) < 4.78 is 25.2. The van der Waals surface area contributed by atoms with Crippen LogP contribution in [0.5, 0.6) is 5.75 Å². The lowest BCUT2D eigenvalue weighted by molar-refractivity contribution is -0.113. The van der Waals surface area contributed by atoms with Crippen LogP contribution in [-0.2, 0) is 14.8 Å². The molecule has 5 N–H and O–H groups in total. The number of hydrogen-bond acceptors (Lipinski definition) is 10. The summed E-state index contributed by atoms with van der Waals surface area (Å²) in [6, 6.07) is 12.5. The van der Waals surface area contributed by atoms with E-state index in [9.17, 15) is 23.4 Å². The molecule has 1 amide bonds. The molecule has 1 atom stereocenters. The lowest BCUT2D eigenvalue weighted by Crippen LogP contribution is -2.43. The van der Waals surface area contributed by atoms with Crippen molar-refractivity contribution in [2.75, 3.05) is 35.5 Å². The molecule has 38 heavy (non-hydrogen) atoms. The number of aliphatic hydroxyl groups is 1. The fraction of sp³-hybridized carbons (Fsp3) is 0.320. The monoisotopic (exact) mass is 556 g/mol. The molecule has 0 saturated carbocycles. The van der Waals surface area contributed by atoms with Gasteiger partial charge >= 0.3 is 0 Å². The van der Waals surface area contributed by atoms with E-state index in [1.54, 1.807) is 18.3 Å². The molecule has 0 aliphatic carbocycles. The number of nitriles is 1. The normalized spacial score (nSPS) is 18.2. The Morgan fingerprint density at radius 2 is 1.95 bits per heavy atom. The van der Waals surface area contributed by atoms with Gasteiger partial charge in [-0.05, 0) is 66.1 Å². The summed E-state index contributed by atoms with van der Waals surface area (Å²) in [5.41, 5.74) is 2.47. The largest absolute Gasteiger partial charge is 0.506 e. The second-order valence-corrected chi connectivity index (χ2v) is 11.8. The quantitative estimate of drug-likeness (QED) is 0.141. The SMILES string of the molecule is CS(=O)(=O)Nc1cc(C(O)CNC2CCN(c3ccc(C=C4SC(NC#N)=NC4=O)cc3)CC2)ccc1O.